The van der Waals surface area contributed by atoms with Gasteiger partial charge in [0.15, 0.2) is 0 Å². The van der Waals surface area contributed by atoms with Gasteiger partial charge in [-0.3, -0.25) is 9.69 Å². The summed E-state index contributed by atoms with van der Waals surface area (Å²) in [7, 11) is 1.89. The van der Waals surface area contributed by atoms with Crippen molar-refractivity contribution in [3.63, 3.8) is 0 Å². The second kappa shape index (κ2) is 8.92. The fourth-order valence-electron chi connectivity index (χ4n) is 3.13. The summed E-state index contributed by atoms with van der Waals surface area (Å²) in [5, 5.41) is 0. The van der Waals surface area contributed by atoms with Crippen molar-refractivity contribution in [1.82, 2.24) is 9.80 Å². The summed E-state index contributed by atoms with van der Waals surface area (Å²) in [5.74, 6) is 1.10. The van der Waals surface area contributed by atoms with Crippen LogP contribution in [-0.2, 0) is 4.79 Å². The molecule has 0 N–H and O–H groups in total. The number of amides is 1. The number of hydrogen-bond donors (Lipinski definition) is 0. The third-order valence-corrected chi connectivity index (χ3v) is 4.50. The first-order valence-corrected chi connectivity index (χ1v) is 8.80. The molecule has 0 bridgehead atoms. The molecular weight excluding hydrogens is 288 g/mol. The Balaban J connectivity index is 1.80. The van der Waals surface area contributed by atoms with Crippen molar-refractivity contribution in [3.05, 3.63) is 29.8 Å². The van der Waals surface area contributed by atoms with Crippen LogP contribution in [0.4, 0.5) is 0 Å². The number of nitrogens with zero attached hydrogens (tertiary/aromatic N) is 2. The smallest absolute Gasteiger partial charge is 0.239 e. The molecule has 4 heteroatoms. The minimum atomic E-state index is 0.0630. The molecule has 1 aromatic carbocycles. The van der Waals surface area contributed by atoms with Crippen molar-refractivity contribution in [2.75, 3.05) is 33.3 Å². The summed E-state index contributed by atoms with van der Waals surface area (Å²) in [4.78, 5) is 16.9. The fourth-order valence-corrected chi connectivity index (χ4v) is 3.13. The van der Waals surface area contributed by atoms with Gasteiger partial charge in [0, 0.05) is 7.05 Å². The molecule has 1 aliphatic heterocycles. The number of aryl methyl sites for hydroxylation is 1. The number of rotatable bonds is 7. The molecule has 128 valence electrons. The lowest BCUT2D eigenvalue weighted by molar-refractivity contribution is -0.137. The summed E-state index contributed by atoms with van der Waals surface area (Å²) >= 11 is 0. The van der Waals surface area contributed by atoms with E-state index in [9.17, 15) is 4.79 Å². The van der Waals surface area contributed by atoms with Crippen molar-refractivity contribution in [1.29, 1.82) is 0 Å². The van der Waals surface area contributed by atoms with E-state index in [2.05, 4.69) is 18.7 Å². The van der Waals surface area contributed by atoms with Gasteiger partial charge < -0.3 is 9.64 Å². The zero-order valence-corrected chi connectivity index (χ0v) is 14.8. The highest BCUT2D eigenvalue weighted by Gasteiger charge is 2.29. The van der Waals surface area contributed by atoms with Gasteiger partial charge in [0.2, 0.25) is 5.91 Å². The van der Waals surface area contributed by atoms with Crippen molar-refractivity contribution in [3.8, 4) is 5.75 Å². The third kappa shape index (κ3) is 5.24. The van der Waals surface area contributed by atoms with E-state index in [-0.39, 0.29) is 11.9 Å². The fraction of sp³-hybridized carbons (Fsp3) is 0.632. The number of carbonyl (C=O) groups is 1. The molecule has 0 radical (unpaired) electrons. The predicted octanol–water partition coefficient (Wildman–Crippen LogP) is 3.10. The van der Waals surface area contributed by atoms with E-state index in [1.807, 2.05) is 36.2 Å². The van der Waals surface area contributed by atoms with Gasteiger partial charge in [0.1, 0.15) is 12.4 Å². The molecule has 1 unspecified atom stereocenters. The molecule has 0 saturated carbocycles. The van der Waals surface area contributed by atoms with Crippen LogP contribution in [0.15, 0.2) is 24.3 Å². The monoisotopic (exact) mass is 318 g/mol. The summed E-state index contributed by atoms with van der Waals surface area (Å²) < 4.78 is 5.74. The lowest BCUT2D eigenvalue weighted by atomic mass is 10.0. The Kier molecular flexibility index (Phi) is 6.90. The van der Waals surface area contributed by atoms with Gasteiger partial charge in [-0.1, -0.05) is 31.0 Å². The van der Waals surface area contributed by atoms with Gasteiger partial charge >= 0.3 is 0 Å². The number of benzene rings is 1. The quantitative estimate of drug-likeness (QED) is 0.774. The Morgan fingerprint density at radius 1 is 1.30 bits per heavy atom. The van der Waals surface area contributed by atoms with Gasteiger partial charge in [-0.25, -0.2) is 0 Å². The highest BCUT2D eigenvalue weighted by atomic mass is 16.5. The number of piperidine rings is 1. The minimum Gasteiger partial charge on any atom is -0.492 e. The number of likely N-dealkylation sites (N-methyl/N-ethyl adjacent to an activating group) is 1. The van der Waals surface area contributed by atoms with E-state index in [4.69, 9.17) is 4.74 Å². The standard InChI is InChI=1S/C19H30N2O2/c1-4-12-21-13-6-5-7-18(21)19(22)20(3)14-15-23-17-10-8-16(2)9-11-17/h8-11,18H,4-7,12-15H2,1-3H3. The summed E-state index contributed by atoms with van der Waals surface area (Å²) in [6, 6.07) is 8.08. The Morgan fingerprint density at radius 3 is 2.74 bits per heavy atom. The van der Waals surface area contributed by atoms with Crippen LogP contribution in [-0.4, -0.2) is 55.0 Å². The van der Waals surface area contributed by atoms with Crippen LogP contribution in [0.3, 0.4) is 0 Å². The summed E-state index contributed by atoms with van der Waals surface area (Å²) in [5.41, 5.74) is 1.22. The van der Waals surface area contributed by atoms with E-state index in [0.29, 0.717) is 13.2 Å². The summed E-state index contributed by atoms with van der Waals surface area (Å²) in [6.07, 6.45) is 4.46. The molecule has 1 aromatic rings. The maximum atomic E-state index is 12.7. The molecule has 1 fully saturated rings. The average Bonchev–Trinajstić information content (AvgIpc) is 2.57. The number of likely N-dealkylation sites (tertiary alicyclic amines) is 1. The molecule has 23 heavy (non-hydrogen) atoms. The first-order valence-electron chi connectivity index (χ1n) is 8.80. The lowest BCUT2D eigenvalue weighted by Crippen LogP contribution is -2.50. The largest absolute Gasteiger partial charge is 0.492 e. The van der Waals surface area contributed by atoms with Crippen LogP contribution in [0.5, 0.6) is 5.75 Å². The zero-order chi connectivity index (χ0) is 16.7. The van der Waals surface area contributed by atoms with Crippen molar-refractivity contribution >= 4 is 5.91 Å². The normalized spacial score (nSPS) is 18.7. The first kappa shape index (κ1) is 17.8. The zero-order valence-electron chi connectivity index (χ0n) is 14.8. The molecular formula is C19H30N2O2. The molecule has 0 spiro atoms. The summed E-state index contributed by atoms with van der Waals surface area (Å²) in [6.45, 7) is 7.47. The molecule has 0 aromatic heterocycles. The highest BCUT2D eigenvalue weighted by Crippen LogP contribution is 2.19. The predicted molar refractivity (Wildman–Crippen MR) is 93.8 cm³/mol. The maximum absolute atomic E-state index is 12.7. The van der Waals surface area contributed by atoms with Gasteiger partial charge in [-0.05, 0) is 51.4 Å². The molecule has 1 saturated heterocycles. The van der Waals surface area contributed by atoms with Crippen molar-refractivity contribution in [2.24, 2.45) is 0 Å². The third-order valence-electron chi connectivity index (χ3n) is 4.50. The Bertz CT molecular complexity index is 485. The molecule has 1 heterocycles. The van der Waals surface area contributed by atoms with Crippen LogP contribution in [0.1, 0.15) is 38.2 Å². The van der Waals surface area contributed by atoms with E-state index in [0.717, 1.165) is 38.1 Å². The molecule has 1 amide bonds. The van der Waals surface area contributed by atoms with Crippen LogP contribution >= 0.6 is 0 Å². The van der Waals surface area contributed by atoms with Gasteiger partial charge in [-0.2, -0.15) is 0 Å². The van der Waals surface area contributed by atoms with Crippen molar-refractivity contribution in [2.45, 2.75) is 45.6 Å². The van der Waals surface area contributed by atoms with E-state index in [1.165, 1.54) is 12.0 Å². The van der Waals surface area contributed by atoms with E-state index in [1.54, 1.807) is 0 Å². The van der Waals surface area contributed by atoms with E-state index >= 15 is 0 Å². The molecule has 2 rings (SSSR count). The lowest BCUT2D eigenvalue weighted by Gasteiger charge is -2.36. The molecule has 0 aliphatic carbocycles. The van der Waals surface area contributed by atoms with Gasteiger partial charge in [0.05, 0.1) is 12.6 Å². The average molecular weight is 318 g/mol. The molecule has 1 aliphatic rings. The van der Waals surface area contributed by atoms with Gasteiger partial charge in [-0.15, -0.1) is 0 Å². The van der Waals surface area contributed by atoms with E-state index < -0.39 is 0 Å². The van der Waals surface area contributed by atoms with Crippen LogP contribution in [0, 0.1) is 6.92 Å². The second-order valence-electron chi connectivity index (χ2n) is 6.47. The van der Waals surface area contributed by atoms with Crippen LogP contribution in [0.2, 0.25) is 0 Å². The minimum absolute atomic E-state index is 0.0630. The van der Waals surface area contributed by atoms with Gasteiger partial charge in [0.25, 0.3) is 0 Å². The Labute approximate surface area is 140 Å². The van der Waals surface area contributed by atoms with Crippen molar-refractivity contribution < 1.29 is 9.53 Å². The number of hydrogen-bond acceptors (Lipinski definition) is 3. The SMILES string of the molecule is CCCN1CCCCC1C(=O)N(C)CCOc1ccc(C)cc1. The Hall–Kier alpha value is -1.55. The topological polar surface area (TPSA) is 32.8 Å². The highest BCUT2D eigenvalue weighted by molar-refractivity contribution is 5.81. The second-order valence-corrected chi connectivity index (χ2v) is 6.47. The number of ether oxygens (including phenoxy) is 1. The number of carbonyl (C=O) groups excluding carboxylic acids is 1. The first-order chi connectivity index (χ1) is 11.1. The van der Waals surface area contributed by atoms with Crippen LogP contribution in [0.25, 0.3) is 0 Å². The maximum Gasteiger partial charge on any atom is 0.239 e. The van der Waals surface area contributed by atoms with Crippen LogP contribution < -0.4 is 4.74 Å². The molecule has 4 nitrogen and oxygen atoms in total. The Morgan fingerprint density at radius 2 is 2.04 bits per heavy atom. The molecule has 1 atom stereocenters.